The van der Waals surface area contributed by atoms with Crippen molar-refractivity contribution in [1.82, 2.24) is 5.32 Å². The summed E-state index contributed by atoms with van der Waals surface area (Å²) in [6.07, 6.45) is 5.21. The van der Waals surface area contributed by atoms with Crippen molar-refractivity contribution in [1.29, 1.82) is 0 Å². The summed E-state index contributed by atoms with van der Waals surface area (Å²) in [5, 5.41) is 2.89. The van der Waals surface area contributed by atoms with E-state index in [0.717, 1.165) is 12.8 Å². The molecule has 86 valence electrons. The van der Waals surface area contributed by atoms with Gasteiger partial charge in [-0.05, 0) is 33.6 Å². The van der Waals surface area contributed by atoms with E-state index in [1.54, 1.807) is 0 Å². The van der Waals surface area contributed by atoms with Gasteiger partial charge in [0.15, 0.2) is 0 Å². The Kier molecular flexibility index (Phi) is 4.03. The number of halogens is 1. The van der Waals surface area contributed by atoms with E-state index in [0.29, 0.717) is 0 Å². The zero-order chi connectivity index (χ0) is 11.5. The lowest BCUT2D eigenvalue weighted by Gasteiger charge is -2.24. The third-order valence-corrected chi connectivity index (χ3v) is 2.37. The van der Waals surface area contributed by atoms with Crippen molar-refractivity contribution in [3.8, 4) is 0 Å². The zero-order valence-electron chi connectivity index (χ0n) is 9.42. The highest BCUT2D eigenvalue weighted by atomic mass is 35.5. The minimum Gasteiger partial charge on any atom is -0.444 e. The van der Waals surface area contributed by atoms with E-state index >= 15 is 0 Å². The second kappa shape index (κ2) is 4.88. The van der Waals surface area contributed by atoms with Crippen molar-refractivity contribution in [3.63, 3.8) is 0 Å². The Morgan fingerprint density at radius 1 is 1.40 bits per heavy atom. The lowest BCUT2D eigenvalue weighted by molar-refractivity contribution is 0.0511. The molecule has 2 atom stereocenters. The highest BCUT2D eigenvalue weighted by molar-refractivity contribution is 6.21. The van der Waals surface area contributed by atoms with E-state index in [9.17, 15) is 4.79 Å². The first-order valence-corrected chi connectivity index (χ1v) is 5.62. The number of carbonyl (C=O) groups is 1. The molecule has 15 heavy (non-hydrogen) atoms. The molecule has 0 saturated carbocycles. The molecule has 0 bridgehead atoms. The molecule has 2 unspecified atom stereocenters. The molecule has 0 aromatic heterocycles. The maximum atomic E-state index is 11.4. The first-order chi connectivity index (χ1) is 6.87. The molecule has 0 radical (unpaired) electrons. The fourth-order valence-corrected chi connectivity index (χ4v) is 1.58. The Labute approximate surface area is 95.8 Å². The first kappa shape index (κ1) is 12.4. The maximum absolute atomic E-state index is 11.4. The number of amides is 1. The fourth-order valence-electron chi connectivity index (χ4n) is 1.37. The van der Waals surface area contributed by atoms with Crippen LogP contribution in [0.5, 0.6) is 0 Å². The van der Waals surface area contributed by atoms with Crippen LogP contribution in [-0.4, -0.2) is 23.1 Å². The molecule has 0 heterocycles. The molecule has 1 N–H and O–H groups in total. The number of alkyl carbamates (subject to hydrolysis) is 1. The maximum Gasteiger partial charge on any atom is 0.408 e. The SMILES string of the molecule is CC(C)(C)OC(=O)NC1C=CC(Cl)CC1. The first-order valence-electron chi connectivity index (χ1n) is 5.19. The van der Waals surface area contributed by atoms with Crippen LogP contribution in [0.3, 0.4) is 0 Å². The third-order valence-electron chi connectivity index (χ3n) is 2.01. The van der Waals surface area contributed by atoms with E-state index in [1.807, 2.05) is 32.9 Å². The minimum atomic E-state index is -0.447. The molecule has 0 aromatic rings. The highest BCUT2D eigenvalue weighted by Crippen LogP contribution is 2.16. The predicted molar refractivity (Wildman–Crippen MR) is 61.2 cm³/mol. The topological polar surface area (TPSA) is 38.3 Å². The van der Waals surface area contributed by atoms with Crippen molar-refractivity contribution in [2.45, 2.75) is 50.6 Å². The average Bonchev–Trinajstić information content (AvgIpc) is 2.05. The number of nitrogens with one attached hydrogen (secondary N) is 1. The van der Waals surface area contributed by atoms with Crippen LogP contribution in [0, 0.1) is 0 Å². The zero-order valence-corrected chi connectivity index (χ0v) is 10.2. The summed E-state index contributed by atoms with van der Waals surface area (Å²) in [4.78, 5) is 11.4. The van der Waals surface area contributed by atoms with E-state index in [-0.39, 0.29) is 17.5 Å². The molecule has 1 aliphatic rings. The molecule has 0 fully saturated rings. The van der Waals surface area contributed by atoms with Gasteiger partial charge in [0.1, 0.15) is 5.60 Å². The molecule has 0 aliphatic heterocycles. The third kappa shape index (κ3) is 5.07. The van der Waals surface area contributed by atoms with Gasteiger partial charge in [-0.1, -0.05) is 12.2 Å². The van der Waals surface area contributed by atoms with Crippen LogP contribution < -0.4 is 5.32 Å². The van der Waals surface area contributed by atoms with Gasteiger partial charge in [-0.3, -0.25) is 0 Å². The van der Waals surface area contributed by atoms with Crippen LogP contribution in [0.4, 0.5) is 4.79 Å². The normalized spacial score (nSPS) is 26.1. The predicted octanol–water partition coefficient (Wildman–Crippen LogP) is 2.84. The van der Waals surface area contributed by atoms with Gasteiger partial charge >= 0.3 is 6.09 Å². The summed E-state index contributed by atoms with van der Waals surface area (Å²) in [5.41, 5.74) is -0.447. The number of rotatable bonds is 1. The fraction of sp³-hybridized carbons (Fsp3) is 0.727. The van der Waals surface area contributed by atoms with Gasteiger partial charge in [0, 0.05) is 0 Å². The Bertz CT molecular complexity index is 258. The van der Waals surface area contributed by atoms with Crippen LogP contribution in [0.25, 0.3) is 0 Å². The minimum absolute atomic E-state index is 0.0508. The summed E-state index contributed by atoms with van der Waals surface area (Å²) in [5.74, 6) is 0. The summed E-state index contributed by atoms with van der Waals surface area (Å²) in [6.45, 7) is 5.54. The van der Waals surface area contributed by atoms with Crippen LogP contribution >= 0.6 is 11.6 Å². The van der Waals surface area contributed by atoms with Crippen LogP contribution in [0.2, 0.25) is 0 Å². The number of allylic oxidation sites excluding steroid dienone is 1. The smallest absolute Gasteiger partial charge is 0.408 e. The number of carbonyl (C=O) groups excluding carboxylic acids is 1. The highest BCUT2D eigenvalue weighted by Gasteiger charge is 2.20. The molecular weight excluding hydrogens is 214 g/mol. The lowest BCUT2D eigenvalue weighted by Crippen LogP contribution is -2.39. The van der Waals surface area contributed by atoms with E-state index in [2.05, 4.69) is 5.32 Å². The van der Waals surface area contributed by atoms with Gasteiger partial charge in [0.05, 0.1) is 11.4 Å². The molecule has 1 amide bonds. The average molecular weight is 232 g/mol. The molecular formula is C11H18ClNO2. The van der Waals surface area contributed by atoms with Gasteiger partial charge in [-0.2, -0.15) is 0 Å². The second-order valence-corrected chi connectivity index (χ2v) is 5.29. The molecule has 3 nitrogen and oxygen atoms in total. The van der Waals surface area contributed by atoms with Gasteiger partial charge in [-0.15, -0.1) is 11.6 Å². The Morgan fingerprint density at radius 2 is 2.07 bits per heavy atom. The van der Waals surface area contributed by atoms with Gasteiger partial charge in [-0.25, -0.2) is 4.79 Å². The summed E-state index contributed by atoms with van der Waals surface area (Å²) in [6, 6.07) is 0.0508. The van der Waals surface area contributed by atoms with E-state index in [1.165, 1.54) is 0 Å². The van der Waals surface area contributed by atoms with Crippen LogP contribution in [0.1, 0.15) is 33.6 Å². The van der Waals surface area contributed by atoms with Crippen molar-refractivity contribution in [2.75, 3.05) is 0 Å². The van der Waals surface area contributed by atoms with Gasteiger partial charge in [0.25, 0.3) is 0 Å². The van der Waals surface area contributed by atoms with E-state index in [4.69, 9.17) is 16.3 Å². The van der Waals surface area contributed by atoms with Crippen LogP contribution in [0.15, 0.2) is 12.2 Å². The summed E-state index contributed by atoms with van der Waals surface area (Å²) in [7, 11) is 0. The van der Waals surface area contributed by atoms with Crippen molar-refractivity contribution in [3.05, 3.63) is 12.2 Å². The number of ether oxygens (including phenoxy) is 1. The van der Waals surface area contributed by atoms with Crippen molar-refractivity contribution < 1.29 is 9.53 Å². The van der Waals surface area contributed by atoms with Crippen molar-refractivity contribution >= 4 is 17.7 Å². The van der Waals surface area contributed by atoms with E-state index < -0.39 is 5.60 Å². The molecule has 0 spiro atoms. The Morgan fingerprint density at radius 3 is 2.53 bits per heavy atom. The molecule has 1 rings (SSSR count). The molecule has 4 heteroatoms. The largest absolute Gasteiger partial charge is 0.444 e. The molecule has 1 aliphatic carbocycles. The van der Waals surface area contributed by atoms with Crippen molar-refractivity contribution in [2.24, 2.45) is 0 Å². The Balaban J connectivity index is 2.36. The number of hydrogen-bond acceptors (Lipinski definition) is 2. The molecule has 0 aromatic carbocycles. The monoisotopic (exact) mass is 231 g/mol. The quantitative estimate of drug-likeness (QED) is 0.557. The van der Waals surface area contributed by atoms with Gasteiger partial charge < -0.3 is 10.1 Å². The van der Waals surface area contributed by atoms with Gasteiger partial charge in [0.2, 0.25) is 0 Å². The second-order valence-electron chi connectivity index (χ2n) is 4.73. The number of hydrogen-bond donors (Lipinski definition) is 1. The van der Waals surface area contributed by atoms with Crippen LogP contribution in [-0.2, 0) is 4.74 Å². The standard InChI is InChI=1S/C11H18ClNO2/c1-11(2,3)15-10(14)13-9-6-4-8(12)5-7-9/h4,6,8-9H,5,7H2,1-3H3,(H,13,14). The molecule has 0 saturated heterocycles. The summed E-state index contributed by atoms with van der Waals surface area (Å²) < 4.78 is 5.15. The summed E-state index contributed by atoms with van der Waals surface area (Å²) >= 11 is 5.89. The Hall–Kier alpha value is -0.700. The lowest BCUT2D eigenvalue weighted by atomic mass is 10.0. The number of alkyl halides is 1.